The molecule has 6 heteroatoms. The van der Waals surface area contributed by atoms with Crippen LogP contribution in [0.3, 0.4) is 0 Å². The van der Waals surface area contributed by atoms with E-state index in [0.717, 1.165) is 28.6 Å². The molecule has 1 heterocycles. The number of benzene rings is 1. The Bertz CT molecular complexity index is 675. The Kier molecular flexibility index (Phi) is 5.37. The maximum Gasteiger partial charge on any atom is 0.414 e. The van der Waals surface area contributed by atoms with Crippen LogP contribution in [-0.4, -0.2) is 31.3 Å². The largest absolute Gasteiger partial charge is 0.466 e. The Morgan fingerprint density at radius 3 is 2.76 bits per heavy atom. The Labute approximate surface area is 156 Å². The van der Waals surface area contributed by atoms with Crippen LogP contribution in [0.5, 0.6) is 0 Å². The first-order valence-corrected chi connectivity index (χ1v) is 9.65. The molecule has 3 rings (SSSR count). The van der Waals surface area contributed by atoms with Crippen LogP contribution in [0.4, 0.5) is 10.5 Å². The van der Waals surface area contributed by atoms with Crippen LogP contribution >= 0.6 is 15.9 Å². The summed E-state index contributed by atoms with van der Waals surface area (Å²) in [5.74, 6) is 0.0527. The molecule has 0 radical (unpaired) electrons. The van der Waals surface area contributed by atoms with E-state index < -0.39 is 0 Å². The molecule has 5 nitrogen and oxygen atoms in total. The fourth-order valence-electron chi connectivity index (χ4n) is 4.06. The van der Waals surface area contributed by atoms with Gasteiger partial charge in [0.1, 0.15) is 0 Å². The summed E-state index contributed by atoms with van der Waals surface area (Å²) in [6, 6.07) is 6.01. The number of carbonyl (C=O) groups is 2. The Morgan fingerprint density at radius 2 is 2.08 bits per heavy atom. The molecule has 1 aromatic carbocycles. The van der Waals surface area contributed by atoms with Gasteiger partial charge in [-0.25, -0.2) is 4.79 Å². The topological polar surface area (TPSA) is 55.8 Å². The quantitative estimate of drug-likeness (QED) is 0.690. The minimum absolute atomic E-state index is 0.0763. The van der Waals surface area contributed by atoms with E-state index in [1.165, 1.54) is 0 Å². The zero-order valence-corrected chi connectivity index (χ0v) is 16.4. The van der Waals surface area contributed by atoms with E-state index in [9.17, 15) is 9.59 Å². The van der Waals surface area contributed by atoms with Crippen LogP contribution in [0.25, 0.3) is 0 Å². The summed E-state index contributed by atoms with van der Waals surface area (Å²) in [5.41, 5.74) is 2.00. The Hall–Kier alpha value is -1.56. The second-order valence-electron chi connectivity index (χ2n) is 6.95. The lowest BCUT2D eigenvalue weighted by molar-refractivity contribution is -0.149. The maximum absolute atomic E-state index is 12.6. The predicted molar refractivity (Wildman–Crippen MR) is 98.7 cm³/mol. The summed E-state index contributed by atoms with van der Waals surface area (Å²) in [6.07, 6.45) is 1.19. The van der Waals surface area contributed by atoms with Crippen molar-refractivity contribution in [2.24, 2.45) is 11.8 Å². The summed E-state index contributed by atoms with van der Waals surface area (Å²) in [4.78, 5) is 26.7. The molecular formula is C19H24BrNO4. The van der Waals surface area contributed by atoms with Crippen LogP contribution in [0.15, 0.2) is 22.7 Å². The molecule has 25 heavy (non-hydrogen) atoms. The van der Waals surface area contributed by atoms with Gasteiger partial charge in [-0.3, -0.25) is 9.69 Å². The van der Waals surface area contributed by atoms with Crippen molar-refractivity contribution in [1.82, 2.24) is 0 Å². The van der Waals surface area contributed by atoms with Gasteiger partial charge in [0.25, 0.3) is 0 Å². The minimum atomic E-state index is -0.359. The third-order valence-corrected chi connectivity index (χ3v) is 5.54. The van der Waals surface area contributed by atoms with Crippen molar-refractivity contribution in [3.05, 3.63) is 28.2 Å². The van der Waals surface area contributed by atoms with E-state index in [4.69, 9.17) is 9.47 Å². The predicted octanol–water partition coefficient (Wildman–Crippen LogP) is 4.49. The molecule has 1 saturated carbocycles. The summed E-state index contributed by atoms with van der Waals surface area (Å²) in [7, 11) is 0. The fraction of sp³-hybridized carbons (Fsp3) is 0.579. The minimum Gasteiger partial charge on any atom is -0.466 e. The van der Waals surface area contributed by atoms with Gasteiger partial charge in [0, 0.05) is 11.0 Å². The van der Waals surface area contributed by atoms with Gasteiger partial charge in [-0.05, 0) is 63.1 Å². The number of hydrogen-bond acceptors (Lipinski definition) is 4. The molecule has 1 aromatic rings. The zero-order chi connectivity index (χ0) is 18.1. The van der Waals surface area contributed by atoms with Crippen LogP contribution in [0.2, 0.25) is 0 Å². The van der Waals surface area contributed by atoms with Gasteiger partial charge >= 0.3 is 12.1 Å². The summed E-state index contributed by atoms with van der Waals surface area (Å²) >= 11 is 3.49. The van der Waals surface area contributed by atoms with E-state index in [1.807, 2.05) is 32.9 Å². The number of hydrogen-bond donors (Lipinski definition) is 0. The van der Waals surface area contributed by atoms with Crippen molar-refractivity contribution in [2.45, 2.75) is 45.6 Å². The number of anilines is 1. The van der Waals surface area contributed by atoms with E-state index >= 15 is 0 Å². The highest BCUT2D eigenvalue weighted by Gasteiger charge is 2.47. The van der Waals surface area contributed by atoms with Crippen LogP contribution < -0.4 is 4.90 Å². The SMILES string of the molecule is CCOC(=O)[C@@H]1CCC2c3ccc(Br)cc3N(C(=O)OC(C)C)CC21. The highest BCUT2D eigenvalue weighted by molar-refractivity contribution is 9.10. The molecule has 136 valence electrons. The lowest BCUT2D eigenvalue weighted by Gasteiger charge is -2.38. The summed E-state index contributed by atoms with van der Waals surface area (Å²) in [6.45, 7) is 6.37. The molecular weight excluding hydrogens is 386 g/mol. The molecule has 2 unspecified atom stereocenters. The van der Waals surface area contributed by atoms with Crippen molar-refractivity contribution >= 4 is 33.7 Å². The normalized spacial score (nSPS) is 24.7. The maximum atomic E-state index is 12.6. The molecule has 1 aliphatic carbocycles. The molecule has 0 aromatic heterocycles. The number of rotatable bonds is 3. The number of amides is 1. The van der Waals surface area contributed by atoms with Gasteiger partial charge in [0.2, 0.25) is 0 Å². The summed E-state index contributed by atoms with van der Waals surface area (Å²) in [5, 5.41) is 0. The van der Waals surface area contributed by atoms with Gasteiger partial charge in [0.05, 0.1) is 24.3 Å². The molecule has 1 amide bonds. The van der Waals surface area contributed by atoms with Gasteiger partial charge in [0.15, 0.2) is 0 Å². The number of carbonyl (C=O) groups excluding carboxylic acids is 2. The molecule has 1 fully saturated rings. The first-order chi connectivity index (χ1) is 11.9. The monoisotopic (exact) mass is 409 g/mol. The average molecular weight is 410 g/mol. The fourth-order valence-corrected chi connectivity index (χ4v) is 4.41. The van der Waals surface area contributed by atoms with Gasteiger partial charge < -0.3 is 9.47 Å². The van der Waals surface area contributed by atoms with Crippen molar-refractivity contribution < 1.29 is 19.1 Å². The number of nitrogens with zero attached hydrogens (tertiary/aromatic N) is 1. The second-order valence-corrected chi connectivity index (χ2v) is 7.87. The number of fused-ring (bicyclic) bond motifs is 3. The van der Waals surface area contributed by atoms with Crippen LogP contribution in [0, 0.1) is 11.8 Å². The number of esters is 1. The molecule has 2 aliphatic rings. The molecule has 0 spiro atoms. The van der Waals surface area contributed by atoms with E-state index in [2.05, 4.69) is 22.0 Å². The van der Waals surface area contributed by atoms with Crippen LogP contribution in [0.1, 0.15) is 45.1 Å². The van der Waals surface area contributed by atoms with Gasteiger partial charge in [-0.2, -0.15) is 0 Å². The molecule has 1 aliphatic heterocycles. The van der Waals surface area contributed by atoms with Crippen molar-refractivity contribution in [2.75, 3.05) is 18.1 Å². The van der Waals surface area contributed by atoms with Crippen molar-refractivity contribution in [1.29, 1.82) is 0 Å². The first kappa shape index (κ1) is 18.2. The number of ether oxygens (including phenoxy) is 2. The first-order valence-electron chi connectivity index (χ1n) is 8.86. The second kappa shape index (κ2) is 7.36. The Morgan fingerprint density at radius 1 is 1.32 bits per heavy atom. The third-order valence-electron chi connectivity index (χ3n) is 5.04. The highest BCUT2D eigenvalue weighted by atomic mass is 79.9. The smallest absolute Gasteiger partial charge is 0.414 e. The third kappa shape index (κ3) is 3.54. The molecule has 0 N–H and O–H groups in total. The van der Waals surface area contributed by atoms with E-state index in [1.54, 1.807) is 4.90 Å². The molecule has 0 saturated heterocycles. The highest BCUT2D eigenvalue weighted by Crippen LogP contribution is 2.51. The van der Waals surface area contributed by atoms with Crippen molar-refractivity contribution in [3.8, 4) is 0 Å². The average Bonchev–Trinajstić information content (AvgIpc) is 2.97. The van der Waals surface area contributed by atoms with E-state index in [0.29, 0.717) is 13.2 Å². The Balaban J connectivity index is 1.95. The summed E-state index contributed by atoms with van der Waals surface area (Å²) < 4.78 is 11.6. The van der Waals surface area contributed by atoms with Crippen LogP contribution in [-0.2, 0) is 14.3 Å². The van der Waals surface area contributed by atoms with Gasteiger partial charge in [-0.15, -0.1) is 0 Å². The molecule has 3 atom stereocenters. The molecule has 0 bridgehead atoms. The lowest BCUT2D eigenvalue weighted by Crippen LogP contribution is -2.44. The zero-order valence-electron chi connectivity index (χ0n) is 14.8. The van der Waals surface area contributed by atoms with Gasteiger partial charge in [-0.1, -0.05) is 22.0 Å². The van der Waals surface area contributed by atoms with Crippen molar-refractivity contribution in [3.63, 3.8) is 0 Å². The lowest BCUT2D eigenvalue weighted by atomic mass is 9.80. The van der Waals surface area contributed by atoms with E-state index in [-0.39, 0.29) is 35.9 Å². The number of halogens is 1. The standard InChI is InChI=1S/C19H24BrNO4/c1-4-24-18(22)15-8-7-13-14-6-5-12(20)9-17(14)21(10-16(13)15)19(23)25-11(2)3/h5-6,9,11,13,15-16H,4,7-8,10H2,1-3H3/t13?,15-,16?/m1/s1.